The lowest BCUT2D eigenvalue weighted by atomic mass is 9.81. The summed E-state index contributed by atoms with van der Waals surface area (Å²) in [6.45, 7) is 0. The van der Waals surface area contributed by atoms with Crippen LogP contribution in [-0.2, 0) is 24.1 Å². The third-order valence-electron chi connectivity index (χ3n) is 4.87. The van der Waals surface area contributed by atoms with Crippen molar-refractivity contribution in [3.8, 4) is 0 Å². The van der Waals surface area contributed by atoms with E-state index >= 15 is 0 Å². The molecule has 0 bridgehead atoms. The van der Waals surface area contributed by atoms with Crippen molar-refractivity contribution >= 4 is 33.0 Å². The van der Waals surface area contributed by atoms with Crippen LogP contribution in [0.15, 0.2) is 28.9 Å². The summed E-state index contributed by atoms with van der Waals surface area (Å²) < 4.78 is 34.1. The smallest absolute Gasteiger partial charge is 0.343 e. The molecule has 0 amide bonds. The molecule has 0 unspecified atom stereocenters. The number of ether oxygens (including phenoxy) is 2. The summed E-state index contributed by atoms with van der Waals surface area (Å²) in [5.74, 6) is -0.788. The fraction of sp³-hybridized carbons (Fsp3) is 0.471. The topological polar surface area (TPSA) is 89.9 Å². The molecular formula is C17H19ClO6S. The van der Waals surface area contributed by atoms with E-state index in [-0.39, 0.29) is 32.9 Å². The third kappa shape index (κ3) is 3.16. The molecule has 1 aliphatic carbocycles. The summed E-state index contributed by atoms with van der Waals surface area (Å²) in [4.78, 5) is 12.4. The van der Waals surface area contributed by atoms with Crippen LogP contribution >= 0.6 is 11.6 Å². The zero-order valence-electron chi connectivity index (χ0n) is 13.9. The predicted octanol–water partition coefficient (Wildman–Crippen LogP) is 2.90. The quantitative estimate of drug-likeness (QED) is 0.803. The van der Waals surface area contributed by atoms with E-state index in [9.17, 15) is 18.3 Å². The third-order valence-corrected chi connectivity index (χ3v) is 6.30. The minimum atomic E-state index is -3.42. The number of hydrogen-bond acceptors (Lipinski definition) is 6. The molecule has 1 aromatic carbocycles. The molecule has 0 atom stereocenters. The molecule has 136 valence electrons. The van der Waals surface area contributed by atoms with Crippen LogP contribution in [0.5, 0.6) is 0 Å². The lowest BCUT2D eigenvalue weighted by Crippen LogP contribution is -2.38. The van der Waals surface area contributed by atoms with Crippen LogP contribution in [0.4, 0.5) is 0 Å². The Morgan fingerprint density at radius 3 is 2.48 bits per heavy atom. The number of aliphatic hydroxyl groups is 1. The number of aliphatic hydroxyl groups excluding tert-OH is 1. The Morgan fingerprint density at radius 2 is 1.96 bits per heavy atom. The van der Waals surface area contributed by atoms with Crippen molar-refractivity contribution in [3.63, 3.8) is 0 Å². The van der Waals surface area contributed by atoms with Crippen LogP contribution in [0.3, 0.4) is 0 Å². The molecule has 1 saturated carbocycles. The first-order chi connectivity index (χ1) is 11.7. The van der Waals surface area contributed by atoms with E-state index in [0.717, 1.165) is 6.26 Å². The number of carbonyl (C=O) groups excluding carboxylic acids is 1. The van der Waals surface area contributed by atoms with Gasteiger partial charge in [-0.25, -0.2) is 13.2 Å². The van der Waals surface area contributed by atoms with Crippen LogP contribution in [0, 0.1) is 0 Å². The van der Waals surface area contributed by atoms with Gasteiger partial charge in [0.1, 0.15) is 5.57 Å². The molecule has 1 aromatic rings. The summed E-state index contributed by atoms with van der Waals surface area (Å²) in [5.41, 5.74) is -0.775. The predicted molar refractivity (Wildman–Crippen MR) is 92.2 cm³/mol. The van der Waals surface area contributed by atoms with Gasteiger partial charge in [0.05, 0.1) is 16.0 Å². The van der Waals surface area contributed by atoms with E-state index in [2.05, 4.69) is 0 Å². The molecule has 0 radical (unpaired) electrons. The number of esters is 1. The van der Waals surface area contributed by atoms with Gasteiger partial charge in [0.25, 0.3) is 0 Å². The Bertz CT molecular complexity index is 850. The molecule has 1 N–H and O–H groups in total. The second-order valence-electron chi connectivity index (χ2n) is 6.46. The number of hydrogen-bond donors (Lipinski definition) is 1. The SMILES string of the molecule is COC1CCC2(CC1)OC(=O)C(c1ccc(S(C)(=O)=O)cc1Cl)=C2O. The first-order valence-corrected chi connectivity index (χ1v) is 10.1. The Hall–Kier alpha value is -1.57. The van der Waals surface area contributed by atoms with Crippen molar-refractivity contribution < 1.29 is 27.8 Å². The molecular weight excluding hydrogens is 368 g/mol. The molecule has 0 aromatic heterocycles. The number of sulfone groups is 1. The van der Waals surface area contributed by atoms with Crippen molar-refractivity contribution in [2.45, 2.75) is 42.3 Å². The van der Waals surface area contributed by atoms with Gasteiger partial charge < -0.3 is 14.6 Å². The lowest BCUT2D eigenvalue weighted by molar-refractivity contribution is -0.151. The molecule has 6 nitrogen and oxygen atoms in total. The van der Waals surface area contributed by atoms with Crippen molar-refractivity contribution in [2.24, 2.45) is 0 Å². The van der Waals surface area contributed by atoms with E-state index in [1.54, 1.807) is 7.11 Å². The van der Waals surface area contributed by atoms with Gasteiger partial charge in [-0.2, -0.15) is 0 Å². The Labute approximate surface area is 151 Å². The molecule has 2 aliphatic rings. The molecule has 8 heteroatoms. The maximum atomic E-state index is 12.4. The fourth-order valence-electron chi connectivity index (χ4n) is 3.40. The van der Waals surface area contributed by atoms with Gasteiger partial charge in [0.2, 0.25) is 0 Å². The highest BCUT2D eigenvalue weighted by Gasteiger charge is 2.50. The number of rotatable bonds is 3. The molecule has 25 heavy (non-hydrogen) atoms. The zero-order chi connectivity index (χ0) is 18.4. The molecule has 1 heterocycles. The monoisotopic (exact) mass is 386 g/mol. The number of benzene rings is 1. The first kappa shape index (κ1) is 18.2. The van der Waals surface area contributed by atoms with Gasteiger partial charge in [-0.3, -0.25) is 0 Å². The first-order valence-electron chi connectivity index (χ1n) is 7.88. The summed E-state index contributed by atoms with van der Waals surface area (Å²) in [5, 5.41) is 10.8. The van der Waals surface area contributed by atoms with Crippen LogP contribution in [0.1, 0.15) is 31.2 Å². The average molecular weight is 387 g/mol. The summed E-state index contributed by atoms with van der Waals surface area (Å²) in [6, 6.07) is 4.05. The molecule has 1 fully saturated rings. The Balaban J connectivity index is 2.01. The minimum Gasteiger partial charge on any atom is -0.507 e. The van der Waals surface area contributed by atoms with Gasteiger partial charge in [0.15, 0.2) is 21.2 Å². The second-order valence-corrected chi connectivity index (χ2v) is 8.88. The largest absolute Gasteiger partial charge is 0.507 e. The second kappa shape index (κ2) is 6.30. The maximum absolute atomic E-state index is 12.4. The normalized spacial score (nSPS) is 27.0. The van der Waals surface area contributed by atoms with Crippen molar-refractivity contribution in [2.75, 3.05) is 13.4 Å². The fourth-order valence-corrected chi connectivity index (χ4v) is 4.39. The van der Waals surface area contributed by atoms with Crippen LogP contribution in [0.25, 0.3) is 5.57 Å². The van der Waals surface area contributed by atoms with Crippen LogP contribution in [0.2, 0.25) is 5.02 Å². The highest BCUT2D eigenvalue weighted by atomic mass is 35.5. The van der Waals surface area contributed by atoms with E-state index in [1.165, 1.54) is 18.2 Å². The van der Waals surface area contributed by atoms with Crippen LogP contribution in [-0.4, -0.2) is 44.6 Å². The number of methoxy groups -OCH3 is 1. The van der Waals surface area contributed by atoms with E-state index in [0.29, 0.717) is 25.7 Å². The zero-order valence-corrected chi connectivity index (χ0v) is 15.5. The molecule has 0 saturated heterocycles. The number of halogens is 1. The van der Waals surface area contributed by atoms with Gasteiger partial charge >= 0.3 is 5.97 Å². The lowest BCUT2D eigenvalue weighted by Gasteiger charge is -2.35. The minimum absolute atomic E-state index is 0.000850. The van der Waals surface area contributed by atoms with Crippen molar-refractivity contribution in [3.05, 3.63) is 34.5 Å². The summed E-state index contributed by atoms with van der Waals surface area (Å²) in [6.07, 6.45) is 3.42. The standard InChI is InChI=1S/C17H19ClO6S/c1-23-10-5-7-17(8-6-10)15(19)14(16(20)24-17)12-4-3-11(9-13(12)18)25(2,21)22/h3-4,9-10,19H,5-8H2,1-2H3. The average Bonchev–Trinajstić information content (AvgIpc) is 2.78. The maximum Gasteiger partial charge on any atom is 0.343 e. The van der Waals surface area contributed by atoms with Gasteiger partial charge in [-0.05, 0) is 37.8 Å². The highest BCUT2D eigenvalue weighted by molar-refractivity contribution is 7.90. The van der Waals surface area contributed by atoms with E-state index < -0.39 is 21.4 Å². The van der Waals surface area contributed by atoms with Crippen molar-refractivity contribution in [1.82, 2.24) is 0 Å². The Kier molecular flexibility index (Phi) is 4.59. The summed E-state index contributed by atoms with van der Waals surface area (Å²) in [7, 11) is -1.79. The molecule has 1 spiro atoms. The van der Waals surface area contributed by atoms with Gasteiger partial charge in [-0.1, -0.05) is 17.7 Å². The Morgan fingerprint density at radius 1 is 1.32 bits per heavy atom. The van der Waals surface area contributed by atoms with E-state index in [1.807, 2.05) is 0 Å². The molecule has 3 rings (SSSR count). The van der Waals surface area contributed by atoms with Crippen molar-refractivity contribution in [1.29, 1.82) is 0 Å². The summed E-state index contributed by atoms with van der Waals surface area (Å²) >= 11 is 6.18. The highest BCUT2D eigenvalue weighted by Crippen LogP contribution is 2.46. The van der Waals surface area contributed by atoms with Gasteiger partial charge in [-0.15, -0.1) is 0 Å². The van der Waals surface area contributed by atoms with Gasteiger partial charge in [0, 0.05) is 18.9 Å². The van der Waals surface area contributed by atoms with E-state index in [4.69, 9.17) is 21.1 Å². The van der Waals surface area contributed by atoms with Crippen LogP contribution < -0.4 is 0 Å². The molecule has 1 aliphatic heterocycles. The number of carbonyl (C=O) groups is 1.